The topological polar surface area (TPSA) is 48.5 Å². The first-order valence-electron chi connectivity index (χ1n) is 8.42. The quantitative estimate of drug-likeness (QED) is 0.810. The molecule has 1 aromatic carbocycles. The van der Waals surface area contributed by atoms with Gasteiger partial charge in [-0.1, -0.05) is 11.6 Å². The van der Waals surface area contributed by atoms with Gasteiger partial charge in [-0.15, -0.1) is 0 Å². The first kappa shape index (κ1) is 19.3. The fourth-order valence-electron chi connectivity index (χ4n) is 2.83. The summed E-state index contributed by atoms with van der Waals surface area (Å²) >= 11 is 5.83. The summed E-state index contributed by atoms with van der Waals surface area (Å²) < 4.78 is 38.0. The number of nitrogens with one attached hydrogen (secondary N) is 1. The van der Waals surface area contributed by atoms with Gasteiger partial charge in [0.1, 0.15) is 5.82 Å². The lowest BCUT2D eigenvalue weighted by atomic mass is 10.2. The minimum Gasteiger partial charge on any atom is -0.355 e. The monoisotopic (exact) mass is 398 g/mol. The maximum atomic E-state index is 12.7. The van der Waals surface area contributed by atoms with Gasteiger partial charge in [0.25, 0.3) is 0 Å². The Morgan fingerprint density at radius 3 is 2.41 bits per heavy atom. The zero-order valence-corrected chi connectivity index (χ0v) is 15.1. The predicted octanol–water partition coefficient (Wildman–Crippen LogP) is 4.50. The third-order valence-corrected chi connectivity index (χ3v) is 4.53. The number of nitrogens with zero attached hydrogens (tertiary/aromatic N) is 3. The SMILES string of the molecule is O=C(Nc1ccc(Cl)cc1)N1CCCN(c2ccc(C(F)(F)F)cn2)CC1. The first-order chi connectivity index (χ1) is 12.8. The standard InChI is InChI=1S/C18H18ClF3N4O/c19-14-3-5-15(6-4-14)24-17(27)26-9-1-8-25(10-11-26)16-7-2-13(12-23-16)18(20,21)22/h2-7,12H,1,8-11H2,(H,24,27). The molecule has 2 heterocycles. The number of rotatable bonds is 2. The molecule has 1 N–H and O–H groups in total. The Balaban J connectivity index is 1.59. The van der Waals surface area contributed by atoms with Crippen LogP contribution in [0.3, 0.4) is 0 Å². The van der Waals surface area contributed by atoms with Crippen molar-refractivity contribution < 1.29 is 18.0 Å². The molecule has 0 aliphatic carbocycles. The molecule has 0 unspecified atom stereocenters. The van der Waals surface area contributed by atoms with Crippen LogP contribution in [0.1, 0.15) is 12.0 Å². The molecule has 0 radical (unpaired) electrons. The van der Waals surface area contributed by atoms with Crippen LogP contribution in [0.4, 0.5) is 29.5 Å². The molecule has 1 fully saturated rings. The van der Waals surface area contributed by atoms with Crippen molar-refractivity contribution >= 4 is 29.1 Å². The van der Waals surface area contributed by atoms with Crippen molar-refractivity contribution in [1.29, 1.82) is 0 Å². The number of carbonyl (C=O) groups excluding carboxylic acids is 1. The van der Waals surface area contributed by atoms with E-state index in [0.717, 1.165) is 12.3 Å². The molecule has 0 spiro atoms. The number of hydrogen-bond donors (Lipinski definition) is 1. The Morgan fingerprint density at radius 2 is 1.78 bits per heavy atom. The van der Waals surface area contributed by atoms with Crippen molar-refractivity contribution in [1.82, 2.24) is 9.88 Å². The van der Waals surface area contributed by atoms with Crippen LogP contribution >= 0.6 is 11.6 Å². The lowest BCUT2D eigenvalue weighted by Crippen LogP contribution is -2.38. The van der Waals surface area contributed by atoms with Gasteiger partial charge in [-0.25, -0.2) is 9.78 Å². The third-order valence-electron chi connectivity index (χ3n) is 4.28. The van der Waals surface area contributed by atoms with Crippen LogP contribution in [0.25, 0.3) is 0 Å². The number of alkyl halides is 3. The van der Waals surface area contributed by atoms with E-state index in [9.17, 15) is 18.0 Å². The Bertz CT molecular complexity index is 781. The van der Waals surface area contributed by atoms with Gasteiger partial charge in [-0.2, -0.15) is 13.2 Å². The number of hydrogen-bond acceptors (Lipinski definition) is 3. The average molecular weight is 399 g/mol. The van der Waals surface area contributed by atoms with E-state index >= 15 is 0 Å². The van der Waals surface area contributed by atoms with Gasteiger partial charge in [-0.05, 0) is 42.8 Å². The van der Waals surface area contributed by atoms with E-state index in [2.05, 4.69) is 10.3 Å². The van der Waals surface area contributed by atoms with Crippen LogP contribution in [-0.4, -0.2) is 42.1 Å². The number of amides is 2. The zero-order valence-electron chi connectivity index (χ0n) is 14.3. The Labute approximate surface area is 159 Å². The molecule has 1 aliphatic heterocycles. The highest BCUT2D eigenvalue weighted by Gasteiger charge is 2.31. The summed E-state index contributed by atoms with van der Waals surface area (Å²) in [6.45, 7) is 2.11. The van der Waals surface area contributed by atoms with E-state index in [4.69, 9.17) is 11.6 Å². The second kappa shape index (κ2) is 8.04. The highest BCUT2D eigenvalue weighted by atomic mass is 35.5. The second-order valence-corrected chi connectivity index (χ2v) is 6.60. The Kier molecular flexibility index (Phi) is 5.74. The van der Waals surface area contributed by atoms with Crippen molar-refractivity contribution in [2.45, 2.75) is 12.6 Å². The van der Waals surface area contributed by atoms with Crippen LogP contribution in [0, 0.1) is 0 Å². The molecule has 9 heteroatoms. The summed E-state index contributed by atoms with van der Waals surface area (Å²) in [7, 11) is 0. The summed E-state index contributed by atoms with van der Waals surface area (Å²) in [5.74, 6) is 0.475. The second-order valence-electron chi connectivity index (χ2n) is 6.17. The molecule has 3 rings (SSSR count). The van der Waals surface area contributed by atoms with E-state index < -0.39 is 11.7 Å². The molecule has 1 aromatic heterocycles. The summed E-state index contributed by atoms with van der Waals surface area (Å²) in [5.41, 5.74) is -0.125. The molecular formula is C18H18ClF3N4O. The zero-order chi connectivity index (χ0) is 19.4. The predicted molar refractivity (Wildman–Crippen MR) is 98.1 cm³/mol. The smallest absolute Gasteiger partial charge is 0.355 e. The minimum atomic E-state index is -4.40. The van der Waals surface area contributed by atoms with E-state index in [0.29, 0.717) is 49.1 Å². The van der Waals surface area contributed by atoms with Crippen molar-refractivity contribution in [3.05, 3.63) is 53.2 Å². The Morgan fingerprint density at radius 1 is 1.04 bits per heavy atom. The molecule has 1 aliphatic rings. The van der Waals surface area contributed by atoms with Gasteiger partial charge in [0.05, 0.1) is 5.56 Å². The van der Waals surface area contributed by atoms with E-state index in [1.165, 1.54) is 6.07 Å². The van der Waals surface area contributed by atoms with Crippen LogP contribution in [0.15, 0.2) is 42.6 Å². The fourth-order valence-corrected chi connectivity index (χ4v) is 2.95. The van der Waals surface area contributed by atoms with E-state index in [1.807, 2.05) is 4.90 Å². The largest absolute Gasteiger partial charge is 0.417 e. The number of urea groups is 1. The average Bonchev–Trinajstić information content (AvgIpc) is 2.89. The van der Waals surface area contributed by atoms with E-state index in [-0.39, 0.29) is 6.03 Å². The van der Waals surface area contributed by atoms with Gasteiger partial charge >= 0.3 is 12.2 Å². The van der Waals surface area contributed by atoms with Crippen molar-refractivity contribution in [2.24, 2.45) is 0 Å². The molecule has 1 saturated heterocycles. The van der Waals surface area contributed by atoms with Gasteiger partial charge in [0.15, 0.2) is 0 Å². The van der Waals surface area contributed by atoms with Crippen LogP contribution in [-0.2, 0) is 6.18 Å². The van der Waals surface area contributed by atoms with Gasteiger partial charge in [0.2, 0.25) is 0 Å². The summed E-state index contributed by atoms with van der Waals surface area (Å²) in [4.78, 5) is 19.9. The first-order valence-corrected chi connectivity index (χ1v) is 8.80. The molecule has 0 atom stereocenters. The lowest BCUT2D eigenvalue weighted by Gasteiger charge is -2.23. The number of pyridine rings is 1. The highest BCUT2D eigenvalue weighted by molar-refractivity contribution is 6.30. The van der Waals surface area contributed by atoms with Crippen LogP contribution < -0.4 is 10.2 Å². The molecule has 2 aromatic rings. The highest BCUT2D eigenvalue weighted by Crippen LogP contribution is 2.29. The molecule has 0 saturated carbocycles. The van der Waals surface area contributed by atoms with Crippen molar-refractivity contribution in [3.63, 3.8) is 0 Å². The summed E-state index contributed by atoms with van der Waals surface area (Å²) in [6, 6.07) is 8.99. The maximum absolute atomic E-state index is 12.7. The number of aromatic nitrogens is 1. The number of benzene rings is 1. The lowest BCUT2D eigenvalue weighted by molar-refractivity contribution is -0.137. The molecule has 27 heavy (non-hydrogen) atoms. The molecular weight excluding hydrogens is 381 g/mol. The molecule has 144 valence electrons. The van der Waals surface area contributed by atoms with Crippen molar-refractivity contribution in [3.8, 4) is 0 Å². The number of carbonyl (C=O) groups is 1. The fraction of sp³-hybridized carbons (Fsp3) is 0.333. The maximum Gasteiger partial charge on any atom is 0.417 e. The number of halogens is 4. The third kappa shape index (κ3) is 5.03. The molecule has 0 bridgehead atoms. The van der Waals surface area contributed by atoms with Gasteiger partial charge < -0.3 is 15.1 Å². The summed E-state index contributed by atoms with van der Waals surface area (Å²) in [6.07, 6.45) is -2.87. The molecule has 5 nitrogen and oxygen atoms in total. The van der Waals surface area contributed by atoms with Gasteiger partial charge in [-0.3, -0.25) is 0 Å². The molecule has 2 amide bonds. The normalized spacial score (nSPS) is 15.4. The van der Waals surface area contributed by atoms with Crippen LogP contribution in [0.2, 0.25) is 5.02 Å². The van der Waals surface area contributed by atoms with E-state index in [1.54, 1.807) is 29.2 Å². The number of anilines is 2. The minimum absolute atomic E-state index is 0.223. The van der Waals surface area contributed by atoms with Gasteiger partial charge in [0, 0.05) is 43.1 Å². The van der Waals surface area contributed by atoms with Crippen molar-refractivity contribution in [2.75, 3.05) is 36.4 Å². The Hall–Kier alpha value is -2.48. The summed E-state index contributed by atoms with van der Waals surface area (Å²) in [5, 5.41) is 3.40. The van der Waals surface area contributed by atoms with Crippen LogP contribution in [0.5, 0.6) is 0 Å².